The summed E-state index contributed by atoms with van der Waals surface area (Å²) in [4.78, 5) is 4.00. The minimum atomic E-state index is -0.554. The lowest BCUT2D eigenvalue weighted by molar-refractivity contribution is 0.388. The summed E-state index contributed by atoms with van der Waals surface area (Å²) < 4.78 is 18.1. The van der Waals surface area contributed by atoms with Gasteiger partial charge < -0.3 is 9.84 Å². The van der Waals surface area contributed by atoms with Crippen LogP contribution in [0.5, 0.6) is 0 Å². The van der Waals surface area contributed by atoms with Crippen LogP contribution in [-0.4, -0.2) is 10.1 Å². The van der Waals surface area contributed by atoms with Crippen LogP contribution in [0.2, 0.25) is 0 Å². The Morgan fingerprint density at radius 3 is 2.94 bits per heavy atom. The molecule has 0 aliphatic carbocycles. The molecule has 0 aliphatic rings. The van der Waals surface area contributed by atoms with E-state index in [0.717, 1.165) is 0 Å². The van der Waals surface area contributed by atoms with Crippen LogP contribution in [0.15, 0.2) is 22.7 Å². The van der Waals surface area contributed by atoms with Crippen LogP contribution in [0.4, 0.5) is 10.1 Å². The zero-order valence-corrected chi connectivity index (χ0v) is 9.07. The van der Waals surface area contributed by atoms with Gasteiger partial charge in [-0.3, -0.25) is 0 Å². The molecule has 0 atom stereocenters. The molecule has 0 bridgehead atoms. The molecule has 0 saturated carbocycles. The lowest BCUT2D eigenvalue weighted by atomic mass is 10.2. The lowest BCUT2D eigenvalue weighted by Crippen LogP contribution is -2.01. The van der Waals surface area contributed by atoms with Crippen molar-refractivity contribution < 1.29 is 8.91 Å². The Kier molecular flexibility index (Phi) is 3.01. The van der Waals surface area contributed by atoms with Gasteiger partial charge in [-0.05, 0) is 18.2 Å². The maximum absolute atomic E-state index is 13.3. The number of nitrogens with zero attached hydrogens (tertiary/aromatic N) is 3. The molecule has 5 nitrogen and oxygen atoms in total. The van der Waals surface area contributed by atoms with Crippen molar-refractivity contribution in [1.29, 1.82) is 5.26 Å². The summed E-state index contributed by atoms with van der Waals surface area (Å²) in [6.45, 7) is 2.03. The summed E-state index contributed by atoms with van der Waals surface area (Å²) in [5.41, 5.74) is 0.579. The number of nitriles is 1. The number of nitrogens with one attached hydrogen (secondary N) is 1. The van der Waals surface area contributed by atoms with Crippen molar-refractivity contribution in [2.75, 3.05) is 5.32 Å². The molecule has 17 heavy (non-hydrogen) atoms. The van der Waals surface area contributed by atoms with Crippen molar-refractivity contribution in [3.8, 4) is 6.07 Å². The molecule has 1 N–H and O–H groups in total. The molecule has 0 unspecified atom stereocenters. The Morgan fingerprint density at radius 1 is 1.53 bits per heavy atom. The minimum absolute atomic E-state index is 0.0194. The molecule has 86 valence electrons. The molecule has 1 heterocycles. The Hall–Kier alpha value is -2.42. The maximum Gasteiger partial charge on any atom is 0.223 e. The number of benzene rings is 1. The summed E-state index contributed by atoms with van der Waals surface area (Å²) in [5, 5.41) is 15.2. The zero-order chi connectivity index (χ0) is 12.3. The molecule has 0 saturated heterocycles. The van der Waals surface area contributed by atoms with Crippen molar-refractivity contribution in [2.24, 2.45) is 0 Å². The Bertz CT molecular complexity index is 573. The van der Waals surface area contributed by atoms with Gasteiger partial charge in [-0.1, -0.05) is 5.16 Å². The van der Waals surface area contributed by atoms with Crippen LogP contribution < -0.4 is 5.32 Å². The monoisotopic (exact) mass is 232 g/mol. The molecule has 0 spiro atoms. The van der Waals surface area contributed by atoms with Gasteiger partial charge in [0.2, 0.25) is 5.89 Å². The van der Waals surface area contributed by atoms with Crippen molar-refractivity contribution >= 4 is 5.69 Å². The van der Waals surface area contributed by atoms with Crippen molar-refractivity contribution in [3.63, 3.8) is 0 Å². The van der Waals surface area contributed by atoms with E-state index in [1.54, 1.807) is 19.1 Å². The quantitative estimate of drug-likeness (QED) is 0.875. The van der Waals surface area contributed by atoms with Gasteiger partial charge in [0.05, 0.1) is 12.1 Å². The molecule has 1 aromatic carbocycles. The van der Waals surface area contributed by atoms with Gasteiger partial charge in [0.15, 0.2) is 5.82 Å². The molecule has 0 fully saturated rings. The predicted octanol–water partition coefficient (Wildman–Crippen LogP) is 2.00. The summed E-state index contributed by atoms with van der Waals surface area (Å²) in [6, 6.07) is 6.05. The average Bonchev–Trinajstić information content (AvgIpc) is 2.73. The number of halogens is 1. The van der Waals surface area contributed by atoms with Gasteiger partial charge in [0.25, 0.3) is 0 Å². The normalized spacial score (nSPS) is 9.94. The third kappa shape index (κ3) is 2.58. The Morgan fingerprint density at radius 2 is 2.35 bits per heavy atom. The second-order valence-electron chi connectivity index (χ2n) is 3.39. The van der Waals surface area contributed by atoms with Crippen molar-refractivity contribution in [2.45, 2.75) is 13.5 Å². The number of aromatic nitrogens is 2. The maximum atomic E-state index is 13.3. The highest BCUT2D eigenvalue weighted by atomic mass is 19.1. The first-order chi connectivity index (χ1) is 8.19. The fraction of sp³-hybridized carbons (Fsp3) is 0.182. The highest BCUT2D eigenvalue weighted by Crippen LogP contribution is 2.14. The smallest absolute Gasteiger partial charge is 0.223 e. The third-order valence-corrected chi connectivity index (χ3v) is 2.11. The second-order valence-corrected chi connectivity index (χ2v) is 3.39. The SMILES string of the molecule is Cc1nc(CNc2ccc(C#N)c(F)c2)no1. The second kappa shape index (κ2) is 4.61. The Labute approximate surface area is 96.9 Å². The molecule has 1 aromatic heterocycles. The number of hydrogen-bond donors (Lipinski definition) is 1. The van der Waals surface area contributed by atoms with E-state index in [9.17, 15) is 4.39 Å². The van der Waals surface area contributed by atoms with Crippen LogP contribution in [-0.2, 0) is 6.54 Å². The van der Waals surface area contributed by atoms with Crippen LogP contribution in [0.25, 0.3) is 0 Å². The molecule has 2 aromatic rings. The summed E-state index contributed by atoms with van der Waals surface area (Å²) in [6.07, 6.45) is 0. The first-order valence-electron chi connectivity index (χ1n) is 4.92. The molecule has 2 rings (SSSR count). The first-order valence-corrected chi connectivity index (χ1v) is 4.92. The van der Waals surface area contributed by atoms with E-state index in [0.29, 0.717) is 23.9 Å². The fourth-order valence-electron chi connectivity index (χ4n) is 1.31. The third-order valence-electron chi connectivity index (χ3n) is 2.11. The van der Waals surface area contributed by atoms with Gasteiger partial charge in [0, 0.05) is 12.6 Å². The number of aryl methyl sites for hydroxylation is 1. The standard InChI is InChI=1S/C11H9FN4O/c1-7-15-11(16-17-7)6-14-9-3-2-8(5-13)10(12)4-9/h2-4,14H,6H2,1H3. The van der Waals surface area contributed by atoms with Gasteiger partial charge in [-0.15, -0.1) is 0 Å². The van der Waals surface area contributed by atoms with E-state index in [1.807, 2.05) is 0 Å². The van der Waals surface area contributed by atoms with Gasteiger partial charge in [-0.2, -0.15) is 10.2 Å². The van der Waals surface area contributed by atoms with Crippen LogP contribution in [0, 0.1) is 24.1 Å². The van der Waals surface area contributed by atoms with E-state index in [2.05, 4.69) is 15.5 Å². The molecular weight excluding hydrogens is 223 g/mol. The molecule has 6 heteroatoms. The van der Waals surface area contributed by atoms with Crippen molar-refractivity contribution in [3.05, 3.63) is 41.3 Å². The number of hydrogen-bond acceptors (Lipinski definition) is 5. The van der Waals surface area contributed by atoms with Crippen LogP contribution in [0.3, 0.4) is 0 Å². The van der Waals surface area contributed by atoms with Gasteiger partial charge in [0.1, 0.15) is 11.9 Å². The van der Waals surface area contributed by atoms with E-state index >= 15 is 0 Å². The van der Waals surface area contributed by atoms with Crippen LogP contribution >= 0.6 is 0 Å². The van der Waals surface area contributed by atoms with Gasteiger partial charge >= 0.3 is 0 Å². The lowest BCUT2D eigenvalue weighted by Gasteiger charge is -2.03. The first kappa shape index (κ1) is 11.1. The van der Waals surface area contributed by atoms with E-state index in [4.69, 9.17) is 9.78 Å². The van der Waals surface area contributed by atoms with E-state index in [1.165, 1.54) is 12.1 Å². The van der Waals surface area contributed by atoms with E-state index < -0.39 is 5.82 Å². The minimum Gasteiger partial charge on any atom is -0.378 e. The topological polar surface area (TPSA) is 74.7 Å². The highest BCUT2D eigenvalue weighted by Gasteiger charge is 2.04. The fourth-order valence-corrected chi connectivity index (χ4v) is 1.31. The van der Waals surface area contributed by atoms with Gasteiger partial charge in [-0.25, -0.2) is 4.39 Å². The Balaban J connectivity index is 2.05. The molecule has 0 radical (unpaired) electrons. The zero-order valence-electron chi connectivity index (χ0n) is 9.07. The highest BCUT2D eigenvalue weighted by molar-refractivity contribution is 5.48. The van der Waals surface area contributed by atoms with Crippen molar-refractivity contribution in [1.82, 2.24) is 10.1 Å². The van der Waals surface area contributed by atoms with Crippen LogP contribution in [0.1, 0.15) is 17.3 Å². The van der Waals surface area contributed by atoms with E-state index in [-0.39, 0.29) is 5.56 Å². The summed E-state index contributed by atoms with van der Waals surface area (Å²) >= 11 is 0. The predicted molar refractivity (Wildman–Crippen MR) is 57.5 cm³/mol. The molecule has 0 aliphatic heterocycles. The molecule has 0 amide bonds. The summed E-state index contributed by atoms with van der Waals surface area (Å²) in [7, 11) is 0. The molecular formula is C11H9FN4O. The average molecular weight is 232 g/mol. The number of rotatable bonds is 3. The summed E-state index contributed by atoms with van der Waals surface area (Å²) in [5.74, 6) is 0.418. The largest absolute Gasteiger partial charge is 0.378 e. The number of anilines is 1.